The van der Waals surface area contributed by atoms with Crippen LogP contribution in [0.5, 0.6) is 0 Å². The van der Waals surface area contributed by atoms with E-state index in [0.29, 0.717) is 28.9 Å². The average Bonchev–Trinajstić information content (AvgIpc) is 3.47. The molecule has 1 atom stereocenters. The van der Waals surface area contributed by atoms with Gasteiger partial charge in [0.15, 0.2) is 11.0 Å². The smallest absolute Gasteiger partial charge is 0.237 e. The summed E-state index contributed by atoms with van der Waals surface area (Å²) in [5.41, 5.74) is 2.15. The van der Waals surface area contributed by atoms with Gasteiger partial charge in [-0.15, -0.1) is 10.2 Å². The maximum atomic E-state index is 13.4. The summed E-state index contributed by atoms with van der Waals surface area (Å²) in [4.78, 5) is 31.5. The molecule has 172 valence electrons. The number of fused-ring (bicyclic) bond motifs is 1. The van der Waals surface area contributed by atoms with E-state index in [1.54, 1.807) is 29.6 Å². The van der Waals surface area contributed by atoms with E-state index < -0.39 is 0 Å². The van der Waals surface area contributed by atoms with Crippen LogP contribution in [0.15, 0.2) is 76.8 Å². The summed E-state index contributed by atoms with van der Waals surface area (Å²) in [5, 5.41) is 12.2. The predicted octanol–water partition coefficient (Wildman–Crippen LogP) is 3.84. The summed E-state index contributed by atoms with van der Waals surface area (Å²) in [6, 6.07) is 14.5. The lowest BCUT2D eigenvalue weighted by molar-refractivity contribution is -0.117. The zero-order valence-corrected chi connectivity index (χ0v) is 19.2. The molecule has 34 heavy (non-hydrogen) atoms. The molecule has 4 heterocycles. The van der Waals surface area contributed by atoms with E-state index in [1.807, 2.05) is 54.0 Å². The van der Waals surface area contributed by atoms with Gasteiger partial charge in [-0.1, -0.05) is 23.9 Å². The van der Waals surface area contributed by atoms with Crippen molar-refractivity contribution in [2.75, 3.05) is 16.0 Å². The Balaban J connectivity index is 1.41. The van der Waals surface area contributed by atoms with Crippen LogP contribution in [0.2, 0.25) is 0 Å². The highest BCUT2D eigenvalue weighted by atomic mass is 32.2. The summed E-state index contributed by atoms with van der Waals surface area (Å²) in [7, 11) is 0. The molecule has 0 radical (unpaired) electrons. The molecule has 4 aromatic rings. The minimum absolute atomic E-state index is 0.109. The molecule has 0 bridgehead atoms. The van der Waals surface area contributed by atoms with E-state index in [-0.39, 0.29) is 30.0 Å². The van der Waals surface area contributed by atoms with E-state index in [2.05, 4.69) is 20.5 Å². The molecular formula is C24H22N6O3S. The van der Waals surface area contributed by atoms with Crippen LogP contribution in [0.1, 0.15) is 19.1 Å². The Labute approximate surface area is 200 Å². The van der Waals surface area contributed by atoms with Crippen LogP contribution >= 0.6 is 11.8 Å². The van der Waals surface area contributed by atoms with Crippen LogP contribution in [-0.2, 0) is 16.1 Å². The molecule has 1 N–H and O–H groups in total. The molecular weight excluding hydrogens is 452 g/mol. The van der Waals surface area contributed by atoms with Crippen LogP contribution in [0, 0.1) is 0 Å². The second-order valence-electron chi connectivity index (χ2n) is 7.88. The standard InChI is InChI=1S/C24H22N6O3S/c1-16-12-21(31)26-19-8-2-3-9-20(19)30(16)22(32)15-34-24-28-27-23(17-6-4-10-25-13-17)29(24)14-18-7-5-11-33-18/h2-11,13,16H,12,14-15H2,1H3,(H,26,31)/t16-/m1/s1. The summed E-state index contributed by atoms with van der Waals surface area (Å²) in [6.07, 6.45) is 5.27. The summed E-state index contributed by atoms with van der Waals surface area (Å²) in [5.74, 6) is 1.30. The molecule has 0 fully saturated rings. The number of amides is 2. The van der Waals surface area contributed by atoms with Gasteiger partial charge < -0.3 is 14.6 Å². The molecule has 0 unspecified atom stereocenters. The Morgan fingerprint density at radius 1 is 1.18 bits per heavy atom. The number of hydrogen-bond donors (Lipinski definition) is 1. The maximum absolute atomic E-state index is 13.4. The van der Waals surface area contributed by atoms with Gasteiger partial charge in [-0.05, 0) is 43.3 Å². The van der Waals surface area contributed by atoms with Crippen molar-refractivity contribution in [3.63, 3.8) is 0 Å². The first-order valence-electron chi connectivity index (χ1n) is 10.8. The molecule has 9 nitrogen and oxygen atoms in total. The van der Waals surface area contributed by atoms with Crippen molar-refractivity contribution in [1.82, 2.24) is 19.7 Å². The Kier molecular flexibility index (Phi) is 6.13. The van der Waals surface area contributed by atoms with E-state index >= 15 is 0 Å². The fraction of sp³-hybridized carbons (Fsp3) is 0.208. The lowest BCUT2D eigenvalue weighted by Crippen LogP contribution is -2.40. The van der Waals surface area contributed by atoms with E-state index in [0.717, 1.165) is 11.3 Å². The van der Waals surface area contributed by atoms with Gasteiger partial charge in [0.25, 0.3) is 0 Å². The SMILES string of the molecule is C[C@@H]1CC(=O)Nc2ccccc2N1C(=O)CSc1nnc(-c2cccnc2)n1Cc1ccco1. The van der Waals surface area contributed by atoms with Crippen molar-refractivity contribution >= 4 is 35.0 Å². The number of carbonyl (C=O) groups excluding carboxylic acids is 2. The molecule has 0 spiro atoms. The Bertz CT molecular complexity index is 1310. The highest BCUT2D eigenvalue weighted by Crippen LogP contribution is 2.32. The van der Waals surface area contributed by atoms with Gasteiger partial charge in [-0.25, -0.2) is 0 Å². The molecule has 10 heteroatoms. The topological polar surface area (TPSA) is 106 Å². The highest BCUT2D eigenvalue weighted by molar-refractivity contribution is 7.99. The number of carbonyl (C=O) groups is 2. The number of thioether (sulfide) groups is 1. The Morgan fingerprint density at radius 2 is 2.06 bits per heavy atom. The third-order valence-electron chi connectivity index (χ3n) is 5.48. The van der Waals surface area contributed by atoms with Crippen LogP contribution in [0.25, 0.3) is 11.4 Å². The quantitative estimate of drug-likeness (QED) is 0.423. The third kappa shape index (κ3) is 4.44. The molecule has 3 aromatic heterocycles. The number of aromatic nitrogens is 4. The van der Waals surface area contributed by atoms with E-state index in [9.17, 15) is 9.59 Å². The number of rotatable bonds is 6. The second kappa shape index (κ2) is 9.52. The third-order valence-corrected chi connectivity index (χ3v) is 6.43. The van der Waals surface area contributed by atoms with Crippen molar-refractivity contribution in [1.29, 1.82) is 0 Å². The number of pyridine rings is 1. The van der Waals surface area contributed by atoms with Gasteiger partial charge in [0.1, 0.15) is 5.76 Å². The largest absolute Gasteiger partial charge is 0.467 e. The van der Waals surface area contributed by atoms with Crippen molar-refractivity contribution < 1.29 is 14.0 Å². The van der Waals surface area contributed by atoms with Gasteiger partial charge in [0, 0.05) is 30.4 Å². The normalized spacial score (nSPS) is 15.5. The first-order chi connectivity index (χ1) is 16.6. The van der Waals surface area contributed by atoms with E-state index in [4.69, 9.17) is 4.42 Å². The average molecular weight is 475 g/mol. The van der Waals surface area contributed by atoms with Gasteiger partial charge in [-0.3, -0.25) is 19.1 Å². The van der Waals surface area contributed by atoms with Crippen molar-refractivity contribution in [3.8, 4) is 11.4 Å². The fourth-order valence-corrected chi connectivity index (χ4v) is 4.77. The number of hydrogen-bond acceptors (Lipinski definition) is 7. The molecule has 1 aliphatic rings. The number of nitrogens with one attached hydrogen (secondary N) is 1. The van der Waals surface area contributed by atoms with Crippen LogP contribution in [0.3, 0.4) is 0 Å². The van der Waals surface area contributed by atoms with Gasteiger partial charge in [-0.2, -0.15) is 0 Å². The minimum Gasteiger partial charge on any atom is -0.467 e. The van der Waals surface area contributed by atoms with Gasteiger partial charge >= 0.3 is 0 Å². The fourth-order valence-electron chi connectivity index (χ4n) is 3.97. The first-order valence-corrected chi connectivity index (χ1v) is 11.8. The van der Waals surface area contributed by atoms with Crippen molar-refractivity contribution in [3.05, 3.63) is 72.9 Å². The number of anilines is 2. The molecule has 0 saturated heterocycles. The lowest BCUT2D eigenvalue weighted by Gasteiger charge is -2.27. The van der Waals surface area contributed by atoms with Crippen molar-refractivity contribution in [2.24, 2.45) is 0 Å². The van der Waals surface area contributed by atoms with Gasteiger partial charge in [0.05, 0.1) is 29.9 Å². The molecule has 2 amide bonds. The Morgan fingerprint density at radius 3 is 2.85 bits per heavy atom. The zero-order valence-electron chi connectivity index (χ0n) is 18.4. The Hall–Kier alpha value is -3.92. The van der Waals surface area contributed by atoms with Crippen LogP contribution in [0.4, 0.5) is 11.4 Å². The molecule has 5 rings (SSSR count). The molecule has 0 saturated carbocycles. The highest BCUT2D eigenvalue weighted by Gasteiger charge is 2.30. The monoisotopic (exact) mass is 474 g/mol. The van der Waals surface area contributed by atoms with Gasteiger partial charge in [0.2, 0.25) is 11.8 Å². The number of benzene rings is 1. The molecule has 1 aromatic carbocycles. The second-order valence-corrected chi connectivity index (χ2v) is 8.83. The maximum Gasteiger partial charge on any atom is 0.237 e. The van der Waals surface area contributed by atoms with Crippen molar-refractivity contribution in [2.45, 2.75) is 31.1 Å². The summed E-state index contributed by atoms with van der Waals surface area (Å²) >= 11 is 1.30. The summed E-state index contributed by atoms with van der Waals surface area (Å²) in [6.45, 7) is 2.30. The number of para-hydroxylation sites is 2. The number of nitrogens with zero attached hydrogens (tertiary/aromatic N) is 5. The van der Waals surface area contributed by atoms with Crippen LogP contribution in [-0.4, -0.2) is 43.4 Å². The zero-order chi connectivity index (χ0) is 23.5. The lowest BCUT2D eigenvalue weighted by atomic mass is 10.2. The predicted molar refractivity (Wildman–Crippen MR) is 128 cm³/mol. The van der Waals surface area contributed by atoms with E-state index in [1.165, 1.54) is 11.8 Å². The number of furan rings is 1. The minimum atomic E-state index is -0.274. The molecule has 0 aliphatic carbocycles. The first kappa shape index (κ1) is 21.9. The summed E-state index contributed by atoms with van der Waals surface area (Å²) < 4.78 is 7.45. The van der Waals surface area contributed by atoms with Crippen LogP contribution < -0.4 is 10.2 Å². The molecule has 1 aliphatic heterocycles.